The van der Waals surface area contributed by atoms with Crippen LogP contribution in [0.5, 0.6) is 5.19 Å². The standard InChI is InChI=1S/C8H12N2OS/c1-2-5-10(6-3-1)11-8-9-4-7-12-8/h4,7H,1-3,5-6H2. The Bertz CT molecular complexity index is 219. The Morgan fingerprint density at radius 2 is 2.17 bits per heavy atom. The maximum atomic E-state index is 5.54. The maximum Gasteiger partial charge on any atom is 0.294 e. The molecular weight excluding hydrogens is 172 g/mol. The largest absolute Gasteiger partial charge is 0.374 e. The summed E-state index contributed by atoms with van der Waals surface area (Å²) in [6.45, 7) is 2.08. The van der Waals surface area contributed by atoms with Crippen molar-refractivity contribution in [1.82, 2.24) is 10.0 Å². The Kier molecular flexibility index (Phi) is 2.58. The quantitative estimate of drug-likeness (QED) is 0.702. The third kappa shape index (κ3) is 1.95. The molecule has 1 aliphatic rings. The molecule has 1 aromatic heterocycles. The van der Waals surface area contributed by atoms with Crippen molar-refractivity contribution in [2.75, 3.05) is 13.1 Å². The van der Waals surface area contributed by atoms with E-state index < -0.39 is 0 Å². The van der Waals surface area contributed by atoms with Gasteiger partial charge in [0.15, 0.2) is 0 Å². The lowest BCUT2D eigenvalue weighted by Gasteiger charge is -2.24. The van der Waals surface area contributed by atoms with Crippen molar-refractivity contribution < 1.29 is 4.84 Å². The highest BCUT2D eigenvalue weighted by Crippen LogP contribution is 2.17. The first-order chi connectivity index (χ1) is 5.95. The van der Waals surface area contributed by atoms with Gasteiger partial charge in [-0.3, -0.25) is 0 Å². The van der Waals surface area contributed by atoms with Crippen molar-refractivity contribution in [3.05, 3.63) is 11.6 Å². The summed E-state index contributed by atoms with van der Waals surface area (Å²) in [4.78, 5) is 9.60. The topological polar surface area (TPSA) is 25.4 Å². The molecule has 1 saturated heterocycles. The molecule has 0 spiro atoms. The van der Waals surface area contributed by atoms with Crippen LogP contribution in [0.2, 0.25) is 0 Å². The predicted octanol–water partition coefficient (Wildman–Crippen LogP) is 1.92. The van der Waals surface area contributed by atoms with Gasteiger partial charge in [-0.15, -0.1) is 5.06 Å². The van der Waals surface area contributed by atoms with E-state index in [2.05, 4.69) is 4.98 Å². The molecule has 2 heterocycles. The highest BCUT2D eigenvalue weighted by atomic mass is 32.1. The highest BCUT2D eigenvalue weighted by Gasteiger charge is 2.12. The van der Waals surface area contributed by atoms with Crippen molar-refractivity contribution in [2.45, 2.75) is 19.3 Å². The Morgan fingerprint density at radius 3 is 2.83 bits per heavy atom. The van der Waals surface area contributed by atoms with Gasteiger partial charge in [0.2, 0.25) is 0 Å². The molecule has 0 aliphatic carbocycles. The third-order valence-electron chi connectivity index (χ3n) is 1.93. The number of hydrogen-bond donors (Lipinski definition) is 0. The minimum Gasteiger partial charge on any atom is -0.374 e. The normalized spacial score (nSPS) is 19.3. The molecule has 1 fully saturated rings. The minimum atomic E-state index is 0.761. The van der Waals surface area contributed by atoms with Crippen molar-refractivity contribution in [3.63, 3.8) is 0 Å². The van der Waals surface area contributed by atoms with Crippen molar-refractivity contribution >= 4 is 11.3 Å². The molecule has 0 radical (unpaired) electrons. The summed E-state index contributed by atoms with van der Waals surface area (Å²) in [5.41, 5.74) is 0. The summed E-state index contributed by atoms with van der Waals surface area (Å²) < 4.78 is 0. The average molecular weight is 184 g/mol. The van der Waals surface area contributed by atoms with Gasteiger partial charge in [0, 0.05) is 24.7 Å². The summed E-state index contributed by atoms with van der Waals surface area (Å²) in [5.74, 6) is 0. The molecule has 0 unspecified atom stereocenters. The van der Waals surface area contributed by atoms with Crippen LogP contribution in [0.15, 0.2) is 11.6 Å². The van der Waals surface area contributed by atoms with Crippen LogP contribution in [0, 0.1) is 0 Å². The Balaban J connectivity index is 1.86. The van der Waals surface area contributed by atoms with Crippen LogP contribution in [-0.4, -0.2) is 23.1 Å². The fraction of sp³-hybridized carbons (Fsp3) is 0.625. The van der Waals surface area contributed by atoms with E-state index in [4.69, 9.17) is 4.84 Å². The van der Waals surface area contributed by atoms with Crippen LogP contribution in [-0.2, 0) is 0 Å². The second-order valence-electron chi connectivity index (χ2n) is 2.88. The molecule has 0 saturated carbocycles. The molecule has 3 nitrogen and oxygen atoms in total. The number of hydrogen-bond acceptors (Lipinski definition) is 4. The lowest BCUT2D eigenvalue weighted by atomic mass is 10.2. The van der Waals surface area contributed by atoms with E-state index >= 15 is 0 Å². The lowest BCUT2D eigenvalue weighted by Crippen LogP contribution is -2.32. The first-order valence-corrected chi connectivity index (χ1v) is 5.15. The molecule has 0 bridgehead atoms. The SMILES string of the molecule is c1csc(ON2CCCCC2)n1. The van der Waals surface area contributed by atoms with Crippen LogP contribution >= 0.6 is 11.3 Å². The number of piperidine rings is 1. The summed E-state index contributed by atoms with van der Waals surface area (Å²) >= 11 is 1.54. The molecule has 66 valence electrons. The first-order valence-electron chi connectivity index (χ1n) is 4.27. The van der Waals surface area contributed by atoms with E-state index in [0.717, 1.165) is 18.3 Å². The zero-order valence-corrected chi connectivity index (χ0v) is 7.72. The van der Waals surface area contributed by atoms with Crippen molar-refractivity contribution in [2.24, 2.45) is 0 Å². The number of aromatic nitrogens is 1. The smallest absolute Gasteiger partial charge is 0.294 e. The fourth-order valence-corrected chi connectivity index (χ4v) is 1.83. The number of nitrogens with zero attached hydrogens (tertiary/aromatic N) is 2. The van der Waals surface area contributed by atoms with E-state index in [-0.39, 0.29) is 0 Å². The Labute approximate surface area is 75.9 Å². The Hall–Kier alpha value is -0.610. The van der Waals surface area contributed by atoms with Gasteiger partial charge in [-0.05, 0) is 12.8 Å². The van der Waals surface area contributed by atoms with Gasteiger partial charge in [-0.1, -0.05) is 17.8 Å². The van der Waals surface area contributed by atoms with E-state index in [1.165, 1.54) is 19.3 Å². The van der Waals surface area contributed by atoms with Crippen molar-refractivity contribution in [3.8, 4) is 5.19 Å². The Morgan fingerprint density at radius 1 is 1.33 bits per heavy atom. The number of hydroxylamine groups is 2. The molecule has 1 aliphatic heterocycles. The molecule has 0 N–H and O–H groups in total. The molecular formula is C8H12N2OS. The second kappa shape index (κ2) is 3.87. The first kappa shape index (κ1) is 8.01. The molecule has 1 aromatic rings. The molecule has 12 heavy (non-hydrogen) atoms. The lowest BCUT2D eigenvalue weighted by molar-refractivity contribution is -0.0720. The average Bonchev–Trinajstić information content (AvgIpc) is 2.59. The summed E-state index contributed by atoms with van der Waals surface area (Å²) in [5, 5.41) is 4.69. The van der Waals surface area contributed by atoms with Crippen LogP contribution in [0.3, 0.4) is 0 Å². The van der Waals surface area contributed by atoms with Gasteiger partial charge in [-0.25, -0.2) is 4.98 Å². The molecule has 2 rings (SSSR count). The zero-order valence-electron chi connectivity index (χ0n) is 6.90. The van der Waals surface area contributed by atoms with E-state index in [0.29, 0.717) is 0 Å². The van der Waals surface area contributed by atoms with E-state index in [9.17, 15) is 0 Å². The van der Waals surface area contributed by atoms with Gasteiger partial charge in [0.1, 0.15) is 0 Å². The number of thiazole rings is 1. The van der Waals surface area contributed by atoms with Gasteiger partial charge in [-0.2, -0.15) is 0 Å². The van der Waals surface area contributed by atoms with Crippen LogP contribution < -0.4 is 4.84 Å². The third-order valence-corrected chi connectivity index (χ3v) is 2.57. The van der Waals surface area contributed by atoms with Gasteiger partial charge < -0.3 is 4.84 Å². The minimum absolute atomic E-state index is 0.761. The summed E-state index contributed by atoms with van der Waals surface area (Å²) in [6, 6.07) is 0. The number of rotatable bonds is 2. The monoisotopic (exact) mass is 184 g/mol. The molecule has 0 atom stereocenters. The van der Waals surface area contributed by atoms with Crippen molar-refractivity contribution in [1.29, 1.82) is 0 Å². The zero-order chi connectivity index (χ0) is 8.23. The predicted molar refractivity (Wildman–Crippen MR) is 48.2 cm³/mol. The second-order valence-corrected chi connectivity index (χ2v) is 3.74. The fourth-order valence-electron chi connectivity index (χ4n) is 1.32. The van der Waals surface area contributed by atoms with Crippen LogP contribution in [0.1, 0.15) is 19.3 Å². The molecule has 0 aromatic carbocycles. The van der Waals surface area contributed by atoms with Crippen LogP contribution in [0.25, 0.3) is 0 Å². The van der Waals surface area contributed by atoms with E-state index in [1.807, 2.05) is 10.4 Å². The maximum absolute atomic E-state index is 5.54. The van der Waals surface area contributed by atoms with Gasteiger partial charge >= 0.3 is 0 Å². The highest BCUT2D eigenvalue weighted by molar-refractivity contribution is 7.11. The molecule has 4 heteroatoms. The van der Waals surface area contributed by atoms with E-state index in [1.54, 1.807) is 17.5 Å². The summed E-state index contributed by atoms with van der Waals surface area (Å²) in [6.07, 6.45) is 5.58. The summed E-state index contributed by atoms with van der Waals surface area (Å²) in [7, 11) is 0. The van der Waals surface area contributed by atoms with Gasteiger partial charge in [0.05, 0.1) is 0 Å². The van der Waals surface area contributed by atoms with Crippen LogP contribution in [0.4, 0.5) is 0 Å². The van der Waals surface area contributed by atoms with Gasteiger partial charge in [0.25, 0.3) is 5.19 Å². The molecule has 0 amide bonds.